The molecule has 0 fully saturated rings. The Kier molecular flexibility index (Phi) is 2.46. The SMILES string of the molecule is Cc1nc(C)c2sc(C)c(C(N)=O)c2c1C. The molecule has 0 aliphatic rings. The van der Waals surface area contributed by atoms with E-state index in [0.29, 0.717) is 5.56 Å². The van der Waals surface area contributed by atoms with Crippen LogP contribution in [0.1, 0.15) is 32.2 Å². The highest BCUT2D eigenvalue weighted by atomic mass is 32.1. The summed E-state index contributed by atoms with van der Waals surface area (Å²) < 4.78 is 1.08. The van der Waals surface area contributed by atoms with Crippen molar-refractivity contribution in [3.05, 3.63) is 27.4 Å². The molecule has 4 heteroatoms. The van der Waals surface area contributed by atoms with Gasteiger partial charge in [0.15, 0.2) is 0 Å². The second kappa shape index (κ2) is 3.56. The summed E-state index contributed by atoms with van der Waals surface area (Å²) in [6, 6.07) is 0. The van der Waals surface area contributed by atoms with Gasteiger partial charge in [-0.3, -0.25) is 9.78 Å². The molecule has 2 rings (SSSR count). The van der Waals surface area contributed by atoms with Gasteiger partial charge in [-0.15, -0.1) is 11.3 Å². The third kappa shape index (κ3) is 1.41. The molecular weight excluding hydrogens is 220 g/mol. The lowest BCUT2D eigenvalue weighted by molar-refractivity contribution is 0.100. The summed E-state index contributed by atoms with van der Waals surface area (Å²) in [5, 5.41) is 0.986. The first kappa shape index (κ1) is 11.1. The highest BCUT2D eigenvalue weighted by Gasteiger charge is 2.18. The summed E-state index contributed by atoms with van der Waals surface area (Å²) in [5.74, 6) is -0.350. The molecule has 2 N–H and O–H groups in total. The van der Waals surface area contributed by atoms with Crippen LogP contribution < -0.4 is 5.73 Å². The predicted octanol–water partition coefficient (Wildman–Crippen LogP) is 2.63. The zero-order valence-corrected chi connectivity index (χ0v) is 10.7. The highest BCUT2D eigenvalue weighted by molar-refractivity contribution is 7.19. The summed E-state index contributed by atoms with van der Waals surface area (Å²) in [6.07, 6.45) is 0. The highest BCUT2D eigenvalue weighted by Crippen LogP contribution is 2.35. The third-order valence-electron chi connectivity index (χ3n) is 2.91. The van der Waals surface area contributed by atoms with Gasteiger partial charge in [0.2, 0.25) is 5.91 Å². The van der Waals surface area contributed by atoms with Gasteiger partial charge in [-0.25, -0.2) is 0 Å². The van der Waals surface area contributed by atoms with Crippen molar-refractivity contribution in [2.75, 3.05) is 0 Å². The lowest BCUT2D eigenvalue weighted by Gasteiger charge is -2.05. The van der Waals surface area contributed by atoms with Crippen LogP contribution in [-0.2, 0) is 0 Å². The number of rotatable bonds is 1. The molecule has 2 aromatic rings. The average molecular weight is 234 g/mol. The van der Waals surface area contributed by atoms with E-state index in [1.807, 2.05) is 27.7 Å². The van der Waals surface area contributed by atoms with Crippen LogP contribution in [0.25, 0.3) is 10.1 Å². The average Bonchev–Trinajstić information content (AvgIpc) is 2.53. The summed E-state index contributed by atoms with van der Waals surface area (Å²) in [7, 11) is 0. The number of hydrogen-bond donors (Lipinski definition) is 1. The van der Waals surface area contributed by atoms with Gasteiger partial charge >= 0.3 is 0 Å². The van der Waals surface area contributed by atoms with Crippen LogP contribution in [0.5, 0.6) is 0 Å². The number of nitrogens with two attached hydrogens (primary N) is 1. The molecule has 16 heavy (non-hydrogen) atoms. The maximum Gasteiger partial charge on any atom is 0.250 e. The fraction of sp³-hybridized carbons (Fsp3) is 0.333. The Morgan fingerprint density at radius 3 is 2.38 bits per heavy atom. The van der Waals surface area contributed by atoms with Crippen molar-refractivity contribution in [2.45, 2.75) is 27.7 Å². The minimum absolute atomic E-state index is 0.350. The molecule has 2 aromatic heterocycles. The lowest BCUT2D eigenvalue weighted by Crippen LogP contribution is -2.12. The van der Waals surface area contributed by atoms with E-state index in [-0.39, 0.29) is 5.91 Å². The molecule has 84 valence electrons. The zero-order chi connectivity index (χ0) is 12.0. The van der Waals surface area contributed by atoms with E-state index in [1.54, 1.807) is 11.3 Å². The quantitative estimate of drug-likeness (QED) is 0.824. The van der Waals surface area contributed by atoms with E-state index >= 15 is 0 Å². The number of carbonyl (C=O) groups excluding carboxylic acids is 1. The molecule has 0 saturated carbocycles. The Labute approximate surface area is 98.3 Å². The van der Waals surface area contributed by atoms with Gasteiger partial charge in [0, 0.05) is 16.0 Å². The normalized spacial score (nSPS) is 11.0. The fourth-order valence-electron chi connectivity index (χ4n) is 2.02. The Hall–Kier alpha value is -1.42. The van der Waals surface area contributed by atoms with Crippen LogP contribution in [0, 0.1) is 27.7 Å². The van der Waals surface area contributed by atoms with Crippen molar-refractivity contribution in [3.8, 4) is 0 Å². The molecule has 0 aliphatic carbocycles. The fourth-order valence-corrected chi connectivity index (χ4v) is 3.18. The van der Waals surface area contributed by atoms with Gasteiger partial charge < -0.3 is 5.73 Å². The molecule has 0 spiro atoms. The molecule has 3 nitrogen and oxygen atoms in total. The van der Waals surface area contributed by atoms with Gasteiger partial charge in [0.25, 0.3) is 0 Å². The zero-order valence-electron chi connectivity index (χ0n) is 9.84. The van der Waals surface area contributed by atoms with Crippen molar-refractivity contribution in [1.29, 1.82) is 0 Å². The number of amides is 1. The van der Waals surface area contributed by atoms with Crippen LogP contribution in [0.2, 0.25) is 0 Å². The third-order valence-corrected chi connectivity index (χ3v) is 4.13. The van der Waals surface area contributed by atoms with Crippen LogP contribution in [0.3, 0.4) is 0 Å². The summed E-state index contributed by atoms with van der Waals surface area (Å²) in [4.78, 5) is 16.9. The molecule has 1 amide bonds. The maximum absolute atomic E-state index is 11.5. The van der Waals surface area contributed by atoms with E-state index in [9.17, 15) is 4.79 Å². The number of fused-ring (bicyclic) bond motifs is 1. The predicted molar refractivity (Wildman–Crippen MR) is 67.1 cm³/mol. The number of aryl methyl sites for hydroxylation is 4. The summed E-state index contributed by atoms with van der Waals surface area (Å²) in [6.45, 7) is 7.84. The Morgan fingerprint density at radius 1 is 1.19 bits per heavy atom. The minimum Gasteiger partial charge on any atom is -0.366 e. The molecule has 0 bridgehead atoms. The van der Waals surface area contributed by atoms with E-state index in [2.05, 4.69) is 4.98 Å². The number of pyridine rings is 1. The Bertz CT molecular complexity index is 599. The first-order valence-corrected chi connectivity index (χ1v) is 5.91. The van der Waals surface area contributed by atoms with E-state index in [4.69, 9.17) is 5.73 Å². The molecule has 0 saturated heterocycles. The number of primary amides is 1. The standard InChI is InChI=1S/C12H14N2OS/c1-5-6(2)14-7(3)11-9(5)10(12(13)15)8(4)16-11/h1-4H3,(H2,13,15). The second-order valence-electron chi connectivity index (χ2n) is 4.01. The summed E-state index contributed by atoms with van der Waals surface area (Å²) in [5.41, 5.74) is 9.09. The number of aromatic nitrogens is 1. The molecular formula is C12H14N2OS. The van der Waals surface area contributed by atoms with E-state index in [1.165, 1.54) is 0 Å². The van der Waals surface area contributed by atoms with Crippen molar-refractivity contribution in [1.82, 2.24) is 4.98 Å². The Balaban J connectivity index is 3.02. The molecule has 0 atom stereocenters. The van der Waals surface area contributed by atoms with Crippen molar-refractivity contribution < 1.29 is 4.79 Å². The monoisotopic (exact) mass is 234 g/mol. The first-order chi connectivity index (χ1) is 7.43. The summed E-state index contributed by atoms with van der Waals surface area (Å²) >= 11 is 1.59. The molecule has 0 unspecified atom stereocenters. The number of thiophene rings is 1. The Morgan fingerprint density at radius 2 is 1.81 bits per heavy atom. The molecule has 0 radical (unpaired) electrons. The topological polar surface area (TPSA) is 56.0 Å². The van der Waals surface area contributed by atoms with Gasteiger partial charge in [0.1, 0.15) is 0 Å². The van der Waals surface area contributed by atoms with Crippen molar-refractivity contribution in [3.63, 3.8) is 0 Å². The van der Waals surface area contributed by atoms with Gasteiger partial charge in [0.05, 0.1) is 16.0 Å². The van der Waals surface area contributed by atoms with E-state index < -0.39 is 0 Å². The van der Waals surface area contributed by atoms with Gasteiger partial charge in [-0.1, -0.05) is 0 Å². The molecule has 2 heterocycles. The minimum atomic E-state index is -0.350. The number of nitrogens with zero attached hydrogens (tertiary/aromatic N) is 1. The van der Waals surface area contributed by atoms with Gasteiger partial charge in [-0.2, -0.15) is 0 Å². The van der Waals surface area contributed by atoms with Crippen LogP contribution in [0.4, 0.5) is 0 Å². The van der Waals surface area contributed by atoms with E-state index in [0.717, 1.165) is 31.9 Å². The van der Waals surface area contributed by atoms with Crippen molar-refractivity contribution >= 4 is 27.3 Å². The first-order valence-electron chi connectivity index (χ1n) is 5.10. The smallest absolute Gasteiger partial charge is 0.250 e. The lowest BCUT2D eigenvalue weighted by atomic mass is 10.0. The molecule has 0 aliphatic heterocycles. The van der Waals surface area contributed by atoms with Crippen LogP contribution in [0.15, 0.2) is 0 Å². The second-order valence-corrected chi connectivity index (χ2v) is 5.23. The largest absolute Gasteiger partial charge is 0.366 e. The van der Waals surface area contributed by atoms with Crippen LogP contribution >= 0.6 is 11.3 Å². The van der Waals surface area contributed by atoms with Crippen LogP contribution in [-0.4, -0.2) is 10.9 Å². The van der Waals surface area contributed by atoms with Gasteiger partial charge in [-0.05, 0) is 33.3 Å². The van der Waals surface area contributed by atoms with Crippen molar-refractivity contribution in [2.24, 2.45) is 5.73 Å². The number of hydrogen-bond acceptors (Lipinski definition) is 3. The maximum atomic E-state index is 11.5. The molecule has 0 aromatic carbocycles. The number of carbonyl (C=O) groups is 1.